The Labute approximate surface area is 290 Å². The van der Waals surface area contributed by atoms with Gasteiger partial charge < -0.3 is 8.98 Å². The first-order chi connectivity index (χ1) is 25.3. The number of rotatable bonds is 4. The van der Waals surface area contributed by atoms with Crippen molar-refractivity contribution in [1.82, 2.24) is 24.6 Å². The molecule has 10 aromatic rings. The molecule has 8 nitrogen and oxygen atoms in total. The maximum atomic E-state index is 6.16. The van der Waals surface area contributed by atoms with E-state index in [1.807, 2.05) is 36.8 Å². The van der Waals surface area contributed by atoms with Gasteiger partial charge in [0.15, 0.2) is 0 Å². The summed E-state index contributed by atoms with van der Waals surface area (Å²) in [6, 6.07) is 47.0. The van der Waals surface area contributed by atoms with E-state index in [9.17, 15) is 0 Å². The SMILES string of the molecule is C1=NNNc2c1c1ccc(-c3cnc4oc5ncc(-c6ccc7c8ccccc8n(-c8ccccc8)c7c6)cc5c4c3)cc1n2-c1ccccc1. The number of nitrogens with zero attached hydrogens (tertiary/aromatic N) is 5. The predicted molar refractivity (Wildman–Crippen MR) is 206 cm³/mol. The maximum absolute atomic E-state index is 6.16. The van der Waals surface area contributed by atoms with Gasteiger partial charge in [-0.15, -0.1) is 0 Å². The van der Waals surface area contributed by atoms with Gasteiger partial charge in [-0.25, -0.2) is 15.5 Å². The van der Waals surface area contributed by atoms with Crippen LogP contribution in [-0.4, -0.2) is 25.3 Å². The molecule has 0 aliphatic carbocycles. The van der Waals surface area contributed by atoms with Crippen molar-refractivity contribution in [2.75, 3.05) is 5.43 Å². The summed E-state index contributed by atoms with van der Waals surface area (Å²) in [5.41, 5.74) is 18.0. The van der Waals surface area contributed by atoms with Crippen LogP contribution in [-0.2, 0) is 0 Å². The van der Waals surface area contributed by atoms with Gasteiger partial charge in [0.05, 0.1) is 33.5 Å². The fourth-order valence-corrected chi connectivity index (χ4v) is 7.64. The Morgan fingerprint density at radius 1 is 0.471 bits per heavy atom. The Morgan fingerprint density at radius 2 is 1.04 bits per heavy atom. The van der Waals surface area contributed by atoms with E-state index in [0.29, 0.717) is 11.4 Å². The van der Waals surface area contributed by atoms with E-state index in [1.165, 1.54) is 16.3 Å². The van der Waals surface area contributed by atoms with Crippen molar-refractivity contribution in [3.63, 3.8) is 0 Å². The van der Waals surface area contributed by atoms with Crippen molar-refractivity contribution in [1.29, 1.82) is 0 Å². The third-order valence-electron chi connectivity index (χ3n) is 10.00. The number of aromatic nitrogens is 4. The summed E-state index contributed by atoms with van der Waals surface area (Å²) in [5.74, 6) is 0.943. The van der Waals surface area contributed by atoms with Gasteiger partial charge in [0.1, 0.15) is 5.82 Å². The molecule has 0 saturated carbocycles. The molecule has 1 aliphatic rings. The Morgan fingerprint density at radius 3 is 1.73 bits per heavy atom. The van der Waals surface area contributed by atoms with Gasteiger partial charge in [0.25, 0.3) is 0 Å². The Bertz CT molecular complexity index is 3030. The molecule has 0 spiro atoms. The van der Waals surface area contributed by atoms with E-state index < -0.39 is 0 Å². The molecule has 2 N–H and O–H groups in total. The van der Waals surface area contributed by atoms with Crippen LogP contribution in [0, 0.1) is 0 Å². The standard InChI is InChI=1S/C43H27N7O/c1-3-9-30(10-4-1)49-38-14-8-7-13-32(38)33-17-15-26(21-39(33)49)28-19-35-36-20-29(24-45-43(36)51-42(35)44-23-28)27-16-18-34-37-25-46-48-47-41(37)50(40(34)22-27)31-11-5-2-6-12-31/h1-25,47-48H. The lowest BCUT2D eigenvalue weighted by atomic mass is 10.0. The third-order valence-corrected chi connectivity index (χ3v) is 10.00. The highest BCUT2D eigenvalue weighted by atomic mass is 16.3. The van der Waals surface area contributed by atoms with Gasteiger partial charge in [-0.05, 0) is 65.7 Å². The van der Waals surface area contributed by atoms with Crippen LogP contribution in [0.4, 0.5) is 5.82 Å². The fourth-order valence-electron chi connectivity index (χ4n) is 7.64. The molecule has 0 atom stereocenters. The summed E-state index contributed by atoms with van der Waals surface area (Å²) < 4.78 is 10.7. The lowest BCUT2D eigenvalue weighted by Gasteiger charge is -2.15. The molecule has 0 bridgehead atoms. The first kappa shape index (κ1) is 27.7. The highest BCUT2D eigenvalue weighted by Gasteiger charge is 2.21. The Balaban J connectivity index is 1.06. The molecular formula is C43H27N7O. The van der Waals surface area contributed by atoms with Gasteiger partial charge in [-0.3, -0.25) is 9.99 Å². The van der Waals surface area contributed by atoms with Crippen LogP contribution in [0.5, 0.6) is 0 Å². The van der Waals surface area contributed by atoms with Crippen molar-refractivity contribution in [3.05, 3.63) is 151 Å². The first-order valence-corrected chi connectivity index (χ1v) is 16.8. The fraction of sp³-hybridized carbons (Fsp3) is 0. The maximum Gasteiger partial charge on any atom is 0.229 e. The quantitative estimate of drug-likeness (QED) is 0.197. The minimum absolute atomic E-state index is 0.564. The predicted octanol–water partition coefficient (Wildman–Crippen LogP) is 10.0. The molecule has 240 valence electrons. The van der Waals surface area contributed by atoms with Crippen LogP contribution in [0.25, 0.3) is 88.5 Å². The van der Waals surface area contributed by atoms with Gasteiger partial charge in [-0.1, -0.05) is 78.9 Å². The van der Waals surface area contributed by atoms with Gasteiger partial charge >= 0.3 is 0 Å². The lowest BCUT2D eigenvalue weighted by molar-refractivity contribution is 0.640. The number of fused-ring (bicyclic) bond motifs is 9. The summed E-state index contributed by atoms with van der Waals surface area (Å²) in [6.45, 7) is 0. The summed E-state index contributed by atoms with van der Waals surface area (Å²) in [6.07, 6.45) is 5.63. The largest absolute Gasteiger partial charge is 0.419 e. The minimum atomic E-state index is 0.564. The molecule has 5 aromatic carbocycles. The number of hydrazine groups is 1. The summed E-state index contributed by atoms with van der Waals surface area (Å²) in [4.78, 5) is 9.55. The van der Waals surface area contributed by atoms with E-state index in [-0.39, 0.29) is 0 Å². The lowest BCUT2D eigenvalue weighted by Crippen LogP contribution is -2.22. The van der Waals surface area contributed by atoms with Crippen molar-refractivity contribution >= 4 is 66.9 Å². The molecule has 0 unspecified atom stereocenters. The summed E-state index contributed by atoms with van der Waals surface area (Å²) in [7, 11) is 0. The number of benzene rings is 5. The Hall–Kier alpha value is -7.19. The molecule has 0 radical (unpaired) electrons. The molecule has 11 rings (SSSR count). The second-order valence-electron chi connectivity index (χ2n) is 12.8. The minimum Gasteiger partial charge on any atom is -0.419 e. The number of hydrazone groups is 1. The number of anilines is 1. The van der Waals surface area contributed by atoms with Crippen LogP contribution in [0.2, 0.25) is 0 Å². The Kier molecular flexibility index (Phi) is 5.79. The van der Waals surface area contributed by atoms with E-state index in [4.69, 9.17) is 14.4 Å². The van der Waals surface area contributed by atoms with Gasteiger partial charge in [0.2, 0.25) is 11.4 Å². The van der Waals surface area contributed by atoms with Gasteiger partial charge in [0, 0.05) is 56.6 Å². The zero-order valence-electron chi connectivity index (χ0n) is 27.1. The average Bonchev–Trinajstić information content (AvgIpc) is 3.85. The van der Waals surface area contributed by atoms with Crippen LogP contribution in [0.15, 0.2) is 155 Å². The number of hydrogen-bond acceptors (Lipinski definition) is 6. The van der Waals surface area contributed by atoms with E-state index in [0.717, 1.165) is 72.2 Å². The smallest absolute Gasteiger partial charge is 0.229 e. The second-order valence-corrected chi connectivity index (χ2v) is 12.8. The van der Waals surface area contributed by atoms with Crippen molar-refractivity contribution in [3.8, 4) is 33.6 Å². The van der Waals surface area contributed by atoms with Crippen LogP contribution in [0.1, 0.15) is 5.56 Å². The van der Waals surface area contributed by atoms with Crippen LogP contribution < -0.4 is 11.0 Å². The zero-order chi connectivity index (χ0) is 33.5. The highest BCUT2D eigenvalue weighted by molar-refractivity contribution is 6.11. The molecule has 5 aromatic heterocycles. The molecule has 0 saturated heterocycles. The highest BCUT2D eigenvalue weighted by Crippen LogP contribution is 2.39. The molecule has 8 heteroatoms. The first-order valence-electron chi connectivity index (χ1n) is 16.8. The van der Waals surface area contributed by atoms with Crippen LogP contribution >= 0.6 is 0 Å². The van der Waals surface area contributed by atoms with Crippen LogP contribution in [0.3, 0.4) is 0 Å². The van der Waals surface area contributed by atoms with E-state index >= 15 is 0 Å². The molecule has 0 fully saturated rings. The topological polar surface area (TPSA) is 85.2 Å². The monoisotopic (exact) mass is 657 g/mol. The summed E-state index contributed by atoms with van der Waals surface area (Å²) >= 11 is 0. The van der Waals surface area contributed by atoms with E-state index in [2.05, 4.69) is 140 Å². The number of hydrogen-bond donors (Lipinski definition) is 2. The number of pyridine rings is 2. The molecule has 1 aliphatic heterocycles. The van der Waals surface area contributed by atoms with Crippen molar-refractivity contribution in [2.24, 2.45) is 5.10 Å². The van der Waals surface area contributed by atoms with Crippen molar-refractivity contribution in [2.45, 2.75) is 0 Å². The van der Waals surface area contributed by atoms with Crippen molar-refractivity contribution < 1.29 is 4.42 Å². The normalized spacial score (nSPS) is 12.5. The van der Waals surface area contributed by atoms with Gasteiger partial charge in [-0.2, -0.15) is 5.10 Å². The number of nitrogens with one attached hydrogen (secondary N) is 2. The molecule has 6 heterocycles. The zero-order valence-corrected chi connectivity index (χ0v) is 27.1. The third kappa shape index (κ3) is 4.17. The number of para-hydroxylation sites is 3. The molecule has 51 heavy (non-hydrogen) atoms. The van der Waals surface area contributed by atoms with E-state index in [1.54, 1.807) is 0 Å². The summed E-state index contributed by atoms with van der Waals surface area (Å²) in [5, 5.41) is 9.66. The average molecular weight is 658 g/mol. The second kappa shape index (κ2) is 10.7. The number of furan rings is 1. The molecule has 0 amide bonds. The molecular weight excluding hydrogens is 631 g/mol.